The lowest BCUT2D eigenvalue weighted by molar-refractivity contribution is -0.365. The average molecular weight is 246 g/mol. The molecular weight excluding hydrogens is 224 g/mol. The first-order valence-electron chi connectivity index (χ1n) is 6.40. The van der Waals surface area contributed by atoms with Crippen LogP contribution in [-0.4, -0.2) is 52.1 Å². The normalized spacial score (nSPS) is 47.3. The van der Waals surface area contributed by atoms with E-state index in [2.05, 4.69) is 0 Å². The van der Waals surface area contributed by atoms with Crippen molar-refractivity contribution in [2.75, 3.05) is 6.61 Å². The van der Waals surface area contributed by atoms with Crippen molar-refractivity contribution in [3.63, 3.8) is 0 Å². The second kappa shape index (κ2) is 5.20. The summed E-state index contributed by atoms with van der Waals surface area (Å²) < 4.78 is 11.6. The minimum absolute atomic E-state index is 0.0130. The van der Waals surface area contributed by atoms with Crippen molar-refractivity contribution < 1.29 is 24.8 Å². The summed E-state index contributed by atoms with van der Waals surface area (Å²) in [5.74, 6) is -1.07. The lowest BCUT2D eigenvalue weighted by atomic mass is 9.88. The molecule has 17 heavy (non-hydrogen) atoms. The van der Waals surface area contributed by atoms with Crippen LogP contribution in [0.2, 0.25) is 0 Å². The van der Waals surface area contributed by atoms with Gasteiger partial charge in [0.2, 0.25) is 0 Å². The fraction of sp³-hybridized carbons (Fsp3) is 1.00. The summed E-state index contributed by atoms with van der Waals surface area (Å²) in [5, 5.41) is 28.9. The summed E-state index contributed by atoms with van der Waals surface area (Å²) in [6, 6.07) is 0. The second-order valence-corrected chi connectivity index (χ2v) is 5.13. The fourth-order valence-corrected chi connectivity index (χ4v) is 2.81. The average Bonchev–Trinajstić information content (AvgIpc) is 2.26. The highest BCUT2D eigenvalue weighted by Gasteiger charge is 2.51. The van der Waals surface area contributed by atoms with E-state index in [4.69, 9.17) is 14.6 Å². The van der Waals surface area contributed by atoms with Crippen molar-refractivity contribution >= 4 is 0 Å². The van der Waals surface area contributed by atoms with Gasteiger partial charge < -0.3 is 24.8 Å². The van der Waals surface area contributed by atoms with Gasteiger partial charge in [-0.25, -0.2) is 0 Å². The van der Waals surface area contributed by atoms with Gasteiger partial charge in [0.1, 0.15) is 6.10 Å². The minimum Gasteiger partial charge on any atom is -0.396 e. The largest absolute Gasteiger partial charge is 0.396 e. The highest BCUT2D eigenvalue weighted by atomic mass is 16.7. The topological polar surface area (TPSA) is 79.2 Å². The maximum absolute atomic E-state index is 10.1. The molecule has 0 aromatic rings. The molecule has 2 saturated heterocycles. The SMILES string of the molecule is C[C@H]1CCC[C@]2(O[C@H](CCO)C[C@@H](O)[C@@H]2O)O1. The molecule has 2 heterocycles. The first-order valence-corrected chi connectivity index (χ1v) is 6.40. The Hall–Kier alpha value is -0.200. The maximum atomic E-state index is 10.1. The van der Waals surface area contributed by atoms with Gasteiger partial charge >= 0.3 is 0 Å². The summed E-state index contributed by atoms with van der Waals surface area (Å²) in [6.07, 6.45) is 1.20. The quantitative estimate of drug-likeness (QED) is 0.647. The van der Waals surface area contributed by atoms with Gasteiger partial charge in [0, 0.05) is 19.4 Å². The Labute approximate surface area is 101 Å². The number of aliphatic hydroxyl groups is 3. The molecule has 5 atom stereocenters. The molecule has 5 nitrogen and oxygen atoms in total. The van der Waals surface area contributed by atoms with E-state index in [-0.39, 0.29) is 18.8 Å². The van der Waals surface area contributed by atoms with E-state index in [1.54, 1.807) is 0 Å². The van der Waals surface area contributed by atoms with Crippen molar-refractivity contribution in [1.82, 2.24) is 0 Å². The lowest BCUT2D eigenvalue weighted by Crippen LogP contribution is -2.61. The van der Waals surface area contributed by atoms with Gasteiger partial charge in [-0.15, -0.1) is 0 Å². The molecule has 5 heteroatoms. The first kappa shape index (κ1) is 13.2. The van der Waals surface area contributed by atoms with Crippen molar-refractivity contribution in [2.45, 2.75) is 69.2 Å². The molecule has 2 fully saturated rings. The molecule has 0 aromatic carbocycles. The van der Waals surface area contributed by atoms with Crippen molar-refractivity contribution in [3.05, 3.63) is 0 Å². The standard InChI is InChI=1S/C12H22O5/c1-8-3-2-5-12(16-8)11(15)10(14)7-9(17-12)4-6-13/h8-11,13-15H,2-7H2,1H3/t8-,9+,10+,11-,12+/m0/s1. The van der Waals surface area contributed by atoms with E-state index in [9.17, 15) is 10.2 Å². The van der Waals surface area contributed by atoms with Crippen LogP contribution in [0.4, 0.5) is 0 Å². The number of aliphatic hydroxyl groups excluding tert-OH is 3. The predicted molar refractivity (Wildman–Crippen MR) is 60.3 cm³/mol. The van der Waals surface area contributed by atoms with Crippen LogP contribution < -0.4 is 0 Å². The molecule has 0 aromatic heterocycles. The number of hydrogen-bond donors (Lipinski definition) is 3. The van der Waals surface area contributed by atoms with E-state index in [1.165, 1.54) is 0 Å². The highest BCUT2D eigenvalue weighted by Crippen LogP contribution is 2.40. The smallest absolute Gasteiger partial charge is 0.197 e. The summed E-state index contributed by atoms with van der Waals surface area (Å²) in [6.45, 7) is 1.96. The van der Waals surface area contributed by atoms with Gasteiger partial charge in [-0.3, -0.25) is 0 Å². The van der Waals surface area contributed by atoms with Gasteiger partial charge in [-0.2, -0.15) is 0 Å². The van der Waals surface area contributed by atoms with Crippen LogP contribution in [0, 0.1) is 0 Å². The molecule has 0 amide bonds. The molecule has 3 N–H and O–H groups in total. The van der Waals surface area contributed by atoms with E-state index >= 15 is 0 Å². The Morgan fingerprint density at radius 3 is 2.71 bits per heavy atom. The molecule has 0 saturated carbocycles. The third-order valence-corrected chi connectivity index (χ3v) is 3.67. The lowest BCUT2D eigenvalue weighted by Gasteiger charge is -2.49. The molecule has 2 aliphatic heterocycles. The fourth-order valence-electron chi connectivity index (χ4n) is 2.81. The molecule has 100 valence electrons. The van der Waals surface area contributed by atoms with Crippen LogP contribution in [0.5, 0.6) is 0 Å². The van der Waals surface area contributed by atoms with E-state index in [1.807, 2.05) is 6.92 Å². The molecule has 0 unspecified atom stereocenters. The maximum Gasteiger partial charge on any atom is 0.197 e. The van der Waals surface area contributed by atoms with E-state index < -0.39 is 18.0 Å². The summed E-state index contributed by atoms with van der Waals surface area (Å²) in [5.41, 5.74) is 0. The van der Waals surface area contributed by atoms with Crippen molar-refractivity contribution in [1.29, 1.82) is 0 Å². The van der Waals surface area contributed by atoms with Gasteiger partial charge in [0.05, 0.1) is 18.3 Å². The van der Waals surface area contributed by atoms with Gasteiger partial charge in [0.25, 0.3) is 0 Å². The highest BCUT2D eigenvalue weighted by molar-refractivity contribution is 4.94. The zero-order chi connectivity index (χ0) is 12.5. The Morgan fingerprint density at radius 1 is 1.29 bits per heavy atom. The van der Waals surface area contributed by atoms with Crippen LogP contribution in [0.1, 0.15) is 39.0 Å². The number of rotatable bonds is 2. The van der Waals surface area contributed by atoms with E-state index in [0.717, 1.165) is 12.8 Å². The Bertz CT molecular complexity index is 259. The van der Waals surface area contributed by atoms with E-state index in [0.29, 0.717) is 19.3 Å². The summed E-state index contributed by atoms with van der Waals surface area (Å²) >= 11 is 0. The second-order valence-electron chi connectivity index (χ2n) is 5.13. The Morgan fingerprint density at radius 2 is 2.06 bits per heavy atom. The van der Waals surface area contributed by atoms with Crippen LogP contribution in [0.25, 0.3) is 0 Å². The first-order chi connectivity index (χ1) is 8.07. The summed E-state index contributed by atoms with van der Waals surface area (Å²) in [7, 11) is 0. The van der Waals surface area contributed by atoms with Crippen LogP contribution in [-0.2, 0) is 9.47 Å². The zero-order valence-corrected chi connectivity index (χ0v) is 10.2. The molecule has 2 aliphatic rings. The molecular formula is C12H22O5. The summed E-state index contributed by atoms with van der Waals surface area (Å²) in [4.78, 5) is 0. The molecule has 0 bridgehead atoms. The van der Waals surface area contributed by atoms with Gasteiger partial charge in [-0.05, 0) is 26.2 Å². The monoisotopic (exact) mass is 246 g/mol. The number of ether oxygens (including phenoxy) is 2. The van der Waals surface area contributed by atoms with Crippen molar-refractivity contribution in [3.8, 4) is 0 Å². The molecule has 0 radical (unpaired) electrons. The van der Waals surface area contributed by atoms with Crippen molar-refractivity contribution in [2.24, 2.45) is 0 Å². The Kier molecular flexibility index (Phi) is 4.05. The third kappa shape index (κ3) is 2.63. The zero-order valence-electron chi connectivity index (χ0n) is 10.2. The van der Waals surface area contributed by atoms with Crippen LogP contribution in [0.3, 0.4) is 0 Å². The number of hydrogen-bond acceptors (Lipinski definition) is 5. The van der Waals surface area contributed by atoms with Crippen LogP contribution in [0.15, 0.2) is 0 Å². The molecule has 2 rings (SSSR count). The third-order valence-electron chi connectivity index (χ3n) is 3.67. The predicted octanol–water partition coefficient (Wildman–Crippen LogP) is 0.165. The van der Waals surface area contributed by atoms with Gasteiger partial charge in [0.15, 0.2) is 5.79 Å². The van der Waals surface area contributed by atoms with Gasteiger partial charge in [-0.1, -0.05) is 0 Å². The minimum atomic E-state index is -1.07. The Balaban J connectivity index is 2.11. The van der Waals surface area contributed by atoms with Crippen LogP contribution >= 0.6 is 0 Å². The molecule has 1 spiro atoms. The molecule has 0 aliphatic carbocycles.